The maximum Gasteiger partial charge on any atom is 1.00 e. The smallest absolute Gasteiger partial charge is 0.748 e. The number of phenolic OH excluding ortho intramolecular Hbond substituents is 2. The van der Waals surface area contributed by atoms with E-state index >= 15 is 0 Å². The van der Waals surface area contributed by atoms with Gasteiger partial charge in [0.05, 0.1) is 15.4 Å². The van der Waals surface area contributed by atoms with Crippen molar-refractivity contribution in [3.8, 4) is 11.5 Å². The molecule has 0 spiro atoms. The van der Waals surface area contributed by atoms with Gasteiger partial charge in [0, 0.05) is 6.61 Å². The van der Waals surface area contributed by atoms with Gasteiger partial charge in [-0.1, -0.05) is 56.2 Å². The van der Waals surface area contributed by atoms with Crippen LogP contribution in [0.2, 0.25) is 0 Å². The summed E-state index contributed by atoms with van der Waals surface area (Å²) in [6.45, 7) is 2.67. The summed E-state index contributed by atoms with van der Waals surface area (Å²) in [6, 6.07) is 13.2. The van der Waals surface area contributed by atoms with Gasteiger partial charge < -0.3 is 19.5 Å². The van der Waals surface area contributed by atoms with Gasteiger partial charge in [0.2, 0.25) is 0 Å². The van der Waals surface area contributed by atoms with E-state index in [9.17, 15) is 23.2 Å². The van der Waals surface area contributed by atoms with Gasteiger partial charge in [0.25, 0.3) is 0 Å². The number of rotatable bonds is 13. The third kappa shape index (κ3) is 10.5. The first kappa shape index (κ1) is 28.7. The predicted molar refractivity (Wildman–Crippen MR) is 120 cm³/mol. The molecule has 0 saturated heterocycles. The zero-order valence-corrected chi connectivity index (χ0v) is 21.6. The molecule has 0 aliphatic carbocycles. The monoisotopic (exact) mass is 470 g/mol. The number of aromatic hydroxyl groups is 2. The van der Waals surface area contributed by atoms with Crippen molar-refractivity contribution in [3.05, 3.63) is 71.8 Å². The topological polar surface area (TPSA) is 107 Å². The third-order valence-corrected chi connectivity index (χ3v) is 6.32. The normalized spacial score (nSPS) is 13.6. The Morgan fingerprint density at radius 1 is 1.00 bits per heavy atom. The van der Waals surface area contributed by atoms with Crippen LogP contribution in [0, 0.1) is 0 Å². The van der Waals surface area contributed by atoms with Crippen molar-refractivity contribution in [2.75, 3.05) is 6.61 Å². The van der Waals surface area contributed by atoms with Crippen LogP contribution in [-0.4, -0.2) is 35.0 Å². The average molecular weight is 471 g/mol. The van der Waals surface area contributed by atoms with E-state index in [0.717, 1.165) is 30.4 Å². The Hall–Kier alpha value is -1.35. The minimum Gasteiger partial charge on any atom is -0.748 e. The molecule has 2 N–H and O–H groups in total. The Balaban J connectivity index is 0.00000512. The summed E-state index contributed by atoms with van der Waals surface area (Å²) in [4.78, 5) is 0. The van der Waals surface area contributed by atoms with Gasteiger partial charge in [-0.05, 0) is 61.1 Å². The van der Waals surface area contributed by atoms with Crippen LogP contribution in [0.1, 0.15) is 56.3 Å². The van der Waals surface area contributed by atoms with Gasteiger partial charge in [0.1, 0.15) is 17.6 Å². The fraction of sp³-hybridized carbons (Fsp3) is 0.417. The second-order valence-electron chi connectivity index (χ2n) is 7.57. The van der Waals surface area contributed by atoms with Crippen molar-refractivity contribution in [2.24, 2.45) is 0 Å². The molecule has 0 radical (unpaired) electrons. The summed E-state index contributed by atoms with van der Waals surface area (Å²) in [5.74, 6) is 0.295. The van der Waals surface area contributed by atoms with Gasteiger partial charge in [-0.15, -0.1) is 0 Å². The molecule has 170 valence electrons. The molecule has 2 rings (SSSR count). The first-order valence-electron chi connectivity index (χ1n) is 10.6. The summed E-state index contributed by atoms with van der Waals surface area (Å²) in [5, 5.41) is 17.8. The van der Waals surface area contributed by atoms with E-state index < -0.39 is 15.4 Å². The molecule has 0 aromatic heterocycles. The minimum absolute atomic E-state index is 0. The molecule has 0 aliphatic rings. The standard InChI is InChI=1S/C24H32O6S.Na/c1-2-3-4-18-30-24(20-11-15-22(26)16-12-20)7-5-6-23(31(27,28)29)17-10-19-8-13-21(25)14-9-19;/h5,7-9,11-16,23-26H,2-4,6,10,17-18H2,1H3,(H,27,28,29);/q;+1/p-1. The number of aryl methyl sites for hydroxylation is 1. The van der Waals surface area contributed by atoms with Gasteiger partial charge in [-0.2, -0.15) is 0 Å². The minimum atomic E-state index is -4.46. The molecule has 2 aromatic rings. The number of phenols is 2. The fourth-order valence-corrected chi connectivity index (χ4v) is 3.97. The summed E-state index contributed by atoms with van der Waals surface area (Å²) in [7, 11) is -4.46. The Morgan fingerprint density at radius 3 is 2.16 bits per heavy atom. The molecule has 2 atom stereocenters. The Labute approximate surface area is 213 Å². The van der Waals surface area contributed by atoms with E-state index in [1.165, 1.54) is 12.1 Å². The number of ether oxygens (including phenoxy) is 1. The second-order valence-corrected chi connectivity index (χ2v) is 9.23. The third-order valence-electron chi connectivity index (χ3n) is 5.08. The van der Waals surface area contributed by atoms with Crippen LogP contribution in [-0.2, 0) is 21.3 Å². The summed E-state index contributed by atoms with van der Waals surface area (Å²) in [6.07, 6.45) is 6.85. The Kier molecular flexibility index (Phi) is 13.2. The maximum atomic E-state index is 11.7. The van der Waals surface area contributed by atoms with Crippen LogP contribution in [0.4, 0.5) is 0 Å². The Bertz CT molecular complexity index is 911. The zero-order valence-electron chi connectivity index (χ0n) is 18.8. The van der Waals surface area contributed by atoms with Gasteiger partial charge in [0.15, 0.2) is 0 Å². The molecule has 0 bridgehead atoms. The second kappa shape index (κ2) is 14.7. The molecular formula is C24H31NaO6S. The largest absolute Gasteiger partial charge is 1.00 e. The molecule has 0 heterocycles. The summed E-state index contributed by atoms with van der Waals surface area (Å²) in [5.41, 5.74) is 1.70. The average Bonchev–Trinajstić information content (AvgIpc) is 2.73. The van der Waals surface area contributed by atoms with Crippen molar-refractivity contribution in [1.29, 1.82) is 0 Å². The van der Waals surface area contributed by atoms with E-state index in [2.05, 4.69) is 6.92 Å². The molecule has 6 nitrogen and oxygen atoms in total. The number of hydrogen-bond donors (Lipinski definition) is 2. The Morgan fingerprint density at radius 2 is 1.59 bits per heavy atom. The van der Waals surface area contributed by atoms with Crippen molar-refractivity contribution >= 4 is 10.1 Å². The molecule has 2 aromatic carbocycles. The molecule has 32 heavy (non-hydrogen) atoms. The van der Waals surface area contributed by atoms with E-state index in [0.29, 0.717) is 13.0 Å². The van der Waals surface area contributed by atoms with Crippen LogP contribution in [0.25, 0.3) is 0 Å². The SMILES string of the molecule is CCCCCOC(C=CCC(CCc1ccc(O)cc1)S(=O)(=O)[O-])c1ccc(O)cc1.[Na+]. The van der Waals surface area contributed by atoms with Crippen LogP contribution in [0.3, 0.4) is 0 Å². The van der Waals surface area contributed by atoms with Gasteiger partial charge in [-0.3, -0.25) is 0 Å². The maximum absolute atomic E-state index is 11.7. The molecule has 0 amide bonds. The van der Waals surface area contributed by atoms with Crippen LogP contribution < -0.4 is 29.6 Å². The predicted octanol–water partition coefficient (Wildman–Crippen LogP) is 1.84. The summed E-state index contributed by atoms with van der Waals surface area (Å²) >= 11 is 0. The molecule has 0 aliphatic heterocycles. The van der Waals surface area contributed by atoms with E-state index in [-0.39, 0.29) is 60.0 Å². The van der Waals surface area contributed by atoms with Crippen LogP contribution >= 0.6 is 0 Å². The molecule has 0 fully saturated rings. The molecule has 8 heteroatoms. The summed E-state index contributed by atoms with van der Waals surface area (Å²) < 4.78 is 41.2. The number of unbranched alkanes of at least 4 members (excludes halogenated alkanes) is 2. The van der Waals surface area contributed by atoms with Gasteiger partial charge >= 0.3 is 29.6 Å². The van der Waals surface area contributed by atoms with E-state index in [1.807, 2.05) is 0 Å². The number of allylic oxidation sites excluding steroid dienone is 1. The fourth-order valence-electron chi connectivity index (χ4n) is 3.21. The van der Waals surface area contributed by atoms with E-state index in [4.69, 9.17) is 4.74 Å². The number of hydrogen-bond acceptors (Lipinski definition) is 6. The van der Waals surface area contributed by atoms with Crippen molar-refractivity contribution < 1.29 is 57.5 Å². The van der Waals surface area contributed by atoms with Crippen molar-refractivity contribution in [2.45, 2.75) is 56.8 Å². The molecular weight excluding hydrogens is 439 g/mol. The van der Waals surface area contributed by atoms with Crippen molar-refractivity contribution in [3.63, 3.8) is 0 Å². The first-order valence-corrected chi connectivity index (χ1v) is 12.1. The molecule has 2 unspecified atom stereocenters. The molecule has 0 saturated carbocycles. The number of benzene rings is 2. The van der Waals surface area contributed by atoms with Crippen molar-refractivity contribution in [1.82, 2.24) is 0 Å². The van der Waals surface area contributed by atoms with Crippen LogP contribution in [0.5, 0.6) is 11.5 Å². The zero-order chi connectivity index (χ0) is 22.7. The van der Waals surface area contributed by atoms with E-state index in [1.54, 1.807) is 48.6 Å². The van der Waals surface area contributed by atoms with Gasteiger partial charge in [-0.25, -0.2) is 8.42 Å². The quantitative estimate of drug-likeness (QED) is 0.200. The first-order chi connectivity index (χ1) is 14.8. The van der Waals surface area contributed by atoms with Crippen LogP contribution in [0.15, 0.2) is 60.7 Å².